The molecule has 0 aromatic heterocycles. The third-order valence-corrected chi connectivity index (χ3v) is 27.8. The molecule has 1 radical (unpaired) electrons. The zero-order valence-corrected chi connectivity index (χ0v) is 33.1. The van der Waals surface area contributed by atoms with Crippen LogP contribution in [0.4, 0.5) is 0 Å². The van der Waals surface area contributed by atoms with Crippen molar-refractivity contribution < 1.29 is 34.5 Å². The molecule has 0 heterocycles. The molecule has 1 atom stereocenters. The average molecular weight is 634 g/mol. The number of ether oxygens (including phenoxy) is 1. The Labute approximate surface area is 230 Å². The molecular formula is C21H57O8Si7. The molecule has 0 aliphatic heterocycles. The molecule has 0 saturated carbocycles. The fraction of sp³-hybridized carbons (Fsp3) is 0.952. The second-order valence-corrected chi connectivity index (χ2v) is 41.3. The summed E-state index contributed by atoms with van der Waals surface area (Å²) in [7, 11) is -17.5. The van der Waals surface area contributed by atoms with E-state index < -0.39 is 65.5 Å². The molecule has 0 aromatic carbocycles. The quantitative estimate of drug-likeness (QED) is 0.134. The molecule has 0 rings (SSSR count). The second-order valence-electron chi connectivity index (χ2n) is 13.6. The number of hydrogen-bond acceptors (Lipinski definition) is 8. The van der Waals surface area contributed by atoms with Crippen molar-refractivity contribution in [1.82, 2.24) is 0 Å². The molecule has 0 aliphatic carbocycles. The first-order valence-electron chi connectivity index (χ1n) is 13.0. The summed E-state index contributed by atoms with van der Waals surface area (Å²) in [6.07, 6.45) is -0.0685. The highest BCUT2D eigenvalue weighted by molar-refractivity contribution is 6.92. The van der Waals surface area contributed by atoms with Gasteiger partial charge in [-0.2, -0.15) is 0 Å². The summed E-state index contributed by atoms with van der Waals surface area (Å²) >= 11 is 0. The van der Waals surface area contributed by atoms with E-state index in [2.05, 4.69) is 58.9 Å². The fourth-order valence-electron chi connectivity index (χ4n) is 4.23. The summed E-state index contributed by atoms with van der Waals surface area (Å²) in [5.41, 5.74) is 0. The molecule has 0 aromatic rings. The van der Waals surface area contributed by atoms with Gasteiger partial charge in [-0.3, -0.25) is 0 Å². The summed E-state index contributed by atoms with van der Waals surface area (Å²) < 4.78 is 46.1. The first kappa shape index (κ1) is 37.2. The highest BCUT2D eigenvalue weighted by Gasteiger charge is 2.57. The highest BCUT2D eigenvalue weighted by Crippen LogP contribution is 2.34. The van der Waals surface area contributed by atoms with Crippen molar-refractivity contribution in [1.29, 1.82) is 0 Å². The van der Waals surface area contributed by atoms with Crippen LogP contribution in [-0.2, 0) is 29.4 Å². The van der Waals surface area contributed by atoms with Crippen LogP contribution >= 0.6 is 0 Å². The van der Waals surface area contributed by atoms with Crippen molar-refractivity contribution >= 4 is 59.4 Å². The van der Waals surface area contributed by atoms with Crippen LogP contribution in [-0.4, -0.2) is 77.3 Å². The van der Waals surface area contributed by atoms with Crippen molar-refractivity contribution in [3.05, 3.63) is 6.61 Å². The van der Waals surface area contributed by atoms with Crippen molar-refractivity contribution in [2.75, 3.05) is 6.61 Å². The molecule has 0 aliphatic rings. The van der Waals surface area contributed by atoms with Gasteiger partial charge in [0, 0.05) is 6.04 Å². The third kappa shape index (κ3) is 18.5. The Kier molecular flexibility index (Phi) is 14.2. The van der Waals surface area contributed by atoms with Crippen LogP contribution in [0.3, 0.4) is 0 Å². The summed E-state index contributed by atoms with van der Waals surface area (Å²) in [5, 5.41) is 11.1. The summed E-state index contributed by atoms with van der Waals surface area (Å²) in [6, 6.07) is 0.188. The van der Waals surface area contributed by atoms with Crippen LogP contribution in [0, 0.1) is 6.61 Å². The number of aliphatic hydroxyl groups is 1. The van der Waals surface area contributed by atoms with Crippen LogP contribution < -0.4 is 0 Å². The van der Waals surface area contributed by atoms with Gasteiger partial charge >= 0.3 is 34.5 Å². The lowest BCUT2D eigenvalue weighted by atomic mass is 10.4. The molecule has 8 nitrogen and oxygen atoms in total. The maximum Gasteiger partial charge on any atom is 0.476 e. The largest absolute Gasteiger partial charge is 0.476 e. The van der Waals surface area contributed by atoms with Gasteiger partial charge in [-0.25, -0.2) is 0 Å². The van der Waals surface area contributed by atoms with E-state index >= 15 is 0 Å². The van der Waals surface area contributed by atoms with Gasteiger partial charge < -0.3 is 34.5 Å². The zero-order chi connectivity index (χ0) is 28.9. The van der Waals surface area contributed by atoms with E-state index in [0.717, 1.165) is 6.42 Å². The molecule has 0 bridgehead atoms. The Morgan fingerprint density at radius 1 is 0.556 bits per heavy atom. The van der Waals surface area contributed by atoms with Crippen molar-refractivity contribution in [2.24, 2.45) is 0 Å². The fourth-order valence-corrected chi connectivity index (χ4v) is 35.9. The number of hydrogen-bond donors (Lipinski definition) is 1. The Morgan fingerprint density at radius 3 is 1.11 bits per heavy atom. The molecule has 15 heteroatoms. The summed E-state index contributed by atoms with van der Waals surface area (Å²) in [5.74, 6) is 0. The van der Waals surface area contributed by atoms with Gasteiger partial charge in [-0.15, -0.1) is 0 Å². The summed E-state index contributed by atoms with van der Waals surface area (Å²) in [6.45, 7) is 35.4. The van der Waals surface area contributed by atoms with Crippen molar-refractivity contribution in [3.63, 3.8) is 0 Å². The monoisotopic (exact) mass is 633 g/mol. The van der Waals surface area contributed by atoms with Crippen LogP contribution in [0.1, 0.15) is 13.3 Å². The van der Waals surface area contributed by atoms with E-state index in [-0.39, 0.29) is 12.7 Å². The molecule has 0 amide bonds. The maximum absolute atomic E-state index is 11.1. The molecule has 1 N–H and O–H groups in total. The van der Waals surface area contributed by atoms with E-state index in [1.54, 1.807) is 6.61 Å². The van der Waals surface area contributed by atoms with Crippen LogP contribution in [0.15, 0.2) is 0 Å². The molecular weight excluding hydrogens is 577 g/mol. The first-order chi connectivity index (χ1) is 15.7. The van der Waals surface area contributed by atoms with Gasteiger partial charge in [0.2, 0.25) is 0 Å². The van der Waals surface area contributed by atoms with Crippen molar-refractivity contribution in [3.8, 4) is 0 Å². The first-order valence-corrected chi connectivity index (χ1v) is 33.6. The Hall–Kier alpha value is 1.20. The van der Waals surface area contributed by atoms with Crippen LogP contribution in [0.5, 0.6) is 0 Å². The maximum atomic E-state index is 11.1. The number of rotatable bonds is 18. The van der Waals surface area contributed by atoms with E-state index in [4.69, 9.17) is 29.4 Å². The minimum absolute atomic E-state index is 0.142. The Bertz CT molecular complexity index is 584. The normalized spacial score (nSPS) is 15.9. The molecule has 36 heavy (non-hydrogen) atoms. The minimum Gasteiger partial charge on any atom is -0.437 e. The minimum atomic E-state index is -3.59. The molecule has 217 valence electrons. The molecule has 0 fully saturated rings. The topological polar surface area (TPSA) is 84.8 Å². The van der Waals surface area contributed by atoms with Gasteiger partial charge in [-0.05, 0) is 105 Å². The predicted octanol–water partition coefficient (Wildman–Crippen LogP) is 6.58. The molecule has 1 unspecified atom stereocenters. The van der Waals surface area contributed by atoms with E-state index in [9.17, 15) is 5.11 Å². The molecule has 0 saturated heterocycles. The predicted molar refractivity (Wildman–Crippen MR) is 166 cm³/mol. The van der Waals surface area contributed by atoms with Crippen LogP contribution in [0.25, 0.3) is 0 Å². The molecule has 0 spiro atoms. The van der Waals surface area contributed by atoms with Gasteiger partial charge in [0.05, 0.1) is 19.3 Å². The highest BCUT2D eigenvalue weighted by atomic mass is 28.5. The second kappa shape index (κ2) is 13.7. The lowest BCUT2D eigenvalue weighted by Crippen LogP contribution is -2.66. The lowest BCUT2D eigenvalue weighted by molar-refractivity contribution is 0.0634. The van der Waals surface area contributed by atoms with E-state index in [0.29, 0.717) is 0 Å². The zero-order valence-electron chi connectivity index (χ0n) is 26.1. The van der Waals surface area contributed by atoms with Gasteiger partial charge in [0.25, 0.3) is 0 Å². The summed E-state index contributed by atoms with van der Waals surface area (Å²) in [4.78, 5) is 0. The number of aliphatic hydroxyl groups excluding tert-OH is 1. The standard InChI is InChI=1S/C21H57O8Si7/c1-17-18-23-19-21(22)20-36(27-33(11,12)24-30(2,3)4,28-34(13,14)25-31(5,6)7)29-35(15,16)26-32(8,9)10/h18,21-22H,17,19-20H2,1-16H3. The Balaban J connectivity index is 6.59. The lowest BCUT2D eigenvalue weighted by Gasteiger charge is -2.47. The van der Waals surface area contributed by atoms with Gasteiger partial charge in [0.15, 0.2) is 25.0 Å². The van der Waals surface area contributed by atoms with Gasteiger partial charge in [-0.1, -0.05) is 6.92 Å². The van der Waals surface area contributed by atoms with E-state index in [1.807, 2.05) is 46.2 Å². The SMILES string of the molecule is CC[CH]OCC(O)C[Si](O[Si](C)(C)O[Si](C)(C)C)(O[Si](C)(C)O[Si](C)(C)C)O[Si](C)(C)O[Si](C)(C)C. The third-order valence-electron chi connectivity index (χ3n) is 3.92. The van der Waals surface area contributed by atoms with Crippen molar-refractivity contribution in [2.45, 2.75) is 124 Å². The van der Waals surface area contributed by atoms with E-state index in [1.165, 1.54) is 0 Å². The van der Waals surface area contributed by atoms with Crippen LogP contribution in [0.2, 0.25) is 104 Å². The average Bonchev–Trinajstić information content (AvgIpc) is 2.44. The smallest absolute Gasteiger partial charge is 0.437 e. The van der Waals surface area contributed by atoms with Gasteiger partial charge in [0.1, 0.15) is 0 Å². The Morgan fingerprint density at radius 2 is 0.861 bits per heavy atom.